The average molecular weight is 429 g/mol. The Morgan fingerprint density at radius 1 is 1.10 bits per heavy atom. The van der Waals surface area contributed by atoms with Gasteiger partial charge in [-0.25, -0.2) is 13.2 Å². The summed E-state index contributed by atoms with van der Waals surface area (Å²) in [5, 5.41) is 2.79. The Kier molecular flexibility index (Phi) is 5.48. The molecule has 0 radical (unpaired) electrons. The summed E-state index contributed by atoms with van der Waals surface area (Å²) >= 11 is 0. The Morgan fingerprint density at radius 3 is 2.50 bits per heavy atom. The molecule has 0 aliphatic carbocycles. The van der Waals surface area contributed by atoms with Crippen LogP contribution in [-0.4, -0.2) is 36.3 Å². The molecular weight excluding hydrogens is 406 g/mol. The van der Waals surface area contributed by atoms with Gasteiger partial charge in [0.2, 0.25) is 15.9 Å². The number of nitrogens with zero attached hydrogens (tertiary/aromatic N) is 2. The third-order valence-corrected chi connectivity index (χ3v) is 7.13. The number of aromatic nitrogens is 1. The summed E-state index contributed by atoms with van der Waals surface area (Å²) in [5.74, 6) is -0.850. The van der Waals surface area contributed by atoms with Gasteiger partial charge >= 0.3 is 5.76 Å². The van der Waals surface area contributed by atoms with Crippen molar-refractivity contribution in [3.05, 3.63) is 58.6 Å². The van der Waals surface area contributed by atoms with E-state index in [1.54, 1.807) is 6.07 Å². The molecule has 2 heterocycles. The Morgan fingerprint density at radius 2 is 1.80 bits per heavy atom. The van der Waals surface area contributed by atoms with Crippen molar-refractivity contribution in [1.29, 1.82) is 0 Å². The van der Waals surface area contributed by atoms with Crippen molar-refractivity contribution in [3.8, 4) is 0 Å². The van der Waals surface area contributed by atoms with Crippen LogP contribution in [0.5, 0.6) is 0 Å². The first-order valence-electron chi connectivity index (χ1n) is 9.85. The van der Waals surface area contributed by atoms with Crippen LogP contribution < -0.4 is 11.1 Å². The maximum atomic E-state index is 12.7. The monoisotopic (exact) mass is 429 g/mol. The number of amides is 1. The molecule has 0 atom stereocenters. The van der Waals surface area contributed by atoms with Gasteiger partial charge in [-0.15, -0.1) is 0 Å². The fourth-order valence-electron chi connectivity index (χ4n) is 3.57. The van der Waals surface area contributed by atoms with Crippen LogP contribution in [0.2, 0.25) is 0 Å². The minimum absolute atomic E-state index is 0.0796. The van der Waals surface area contributed by atoms with Crippen molar-refractivity contribution in [3.63, 3.8) is 0 Å². The van der Waals surface area contributed by atoms with E-state index < -0.39 is 15.8 Å². The highest BCUT2D eigenvalue weighted by atomic mass is 32.2. The lowest BCUT2D eigenvalue weighted by atomic mass is 10.2. The molecule has 0 bridgehead atoms. The maximum absolute atomic E-state index is 12.7. The third kappa shape index (κ3) is 4.03. The van der Waals surface area contributed by atoms with Crippen LogP contribution >= 0.6 is 0 Å². The first kappa shape index (κ1) is 20.4. The van der Waals surface area contributed by atoms with Crippen LogP contribution in [0.3, 0.4) is 0 Å². The molecule has 1 aliphatic heterocycles. The smallest absolute Gasteiger partial charge is 0.408 e. The second-order valence-corrected chi connectivity index (χ2v) is 9.36. The topological polar surface area (TPSA) is 102 Å². The van der Waals surface area contributed by atoms with Gasteiger partial charge in [0.1, 0.15) is 0 Å². The highest BCUT2D eigenvalue weighted by molar-refractivity contribution is 7.89. The highest BCUT2D eigenvalue weighted by Gasteiger charge is 2.28. The molecule has 1 amide bonds. The van der Waals surface area contributed by atoms with Gasteiger partial charge in [-0.2, -0.15) is 4.31 Å². The third-order valence-electron chi connectivity index (χ3n) is 5.24. The molecule has 9 heteroatoms. The lowest BCUT2D eigenvalue weighted by molar-refractivity contribution is -0.116. The number of benzene rings is 2. The zero-order valence-electron chi connectivity index (χ0n) is 16.6. The molecule has 0 saturated carbocycles. The standard InChI is InChI=1S/C21H23N3O5S/c1-15-4-6-16(7-5-15)22-20(25)10-13-24-18-9-8-17(14-19(18)29-21(24)26)30(27,28)23-11-2-3-12-23/h4-9,14H,2-3,10-13H2,1H3,(H,22,25). The van der Waals surface area contributed by atoms with Crippen LogP contribution in [0.25, 0.3) is 11.1 Å². The minimum atomic E-state index is -3.60. The van der Waals surface area contributed by atoms with E-state index in [9.17, 15) is 18.0 Å². The molecule has 1 fully saturated rings. The molecule has 0 spiro atoms. The van der Waals surface area contributed by atoms with Gasteiger partial charge < -0.3 is 9.73 Å². The van der Waals surface area contributed by atoms with Gasteiger partial charge in [-0.3, -0.25) is 9.36 Å². The Hall–Kier alpha value is -2.91. The average Bonchev–Trinajstić information content (AvgIpc) is 3.36. The lowest BCUT2D eigenvalue weighted by Crippen LogP contribution is -2.27. The maximum Gasteiger partial charge on any atom is 0.419 e. The van der Waals surface area contributed by atoms with E-state index >= 15 is 0 Å². The van der Waals surface area contributed by atoms with Crippen LogP contribution in [-0.2, 0) is 21.4 Å². The fraction of sp³-hybridized carbons (Fsp3) is 0.333. The van der Waals surface area contributed by atoms with Gasteiger partial charge in [0, 0.05) is 37.8 Å². The van der Waals surface area contributed by atoms with E-state index in [0.717, 1.165) is 18.4 Å². The van der Waals surface area contributed by atoms with Crippen LogP contribution in [0.15, 0.2) is 56.6 Å². The Labute approximate surface area is 174 Å². The summed E-state index contributed by atoms with van der Waals surface area (Å²) in [6.45, 7) is 3.09. The molecule has 8 nitrogen and oxygen atoms in total. The van der Waals surface area contributed by atoms with E-state index in [0.29, 0.717) is 24.3 Å². The second-order valence-electron chi connectivity index (χ2n) is 7.42. The molecule has 4 rings (SSSR count). The quantitative estimate of drug-likeness (QED) is 0.649. The van der Waals surface area contributed by atoms with Crippen molar-refractivity contribution in [1.82, 2.24) is 8.87 Å². The number of fused-ring (bicyclic) bond motifs is 1. The molecular formula is C21H23N3O5S. The molecule has 0 unspecified atom stereocenters. The second kappa shape index (κ2) is 8.08. The first-order valence-corrected chi connectivity index (χ1v) is 11.3. The Bertz CT molecular complexity index is 1240. The number of sulfonamides is 1. The number of oxazole rings is 1. The number of rotatable bonds is 6. The predicted molar refractivity (Wildman–Crippen MR) is 113 cm³/mol. The zero-order chi connectivity index (χ0) is 21.3. The van der Waals surface area contributed by atoms with Crippen LogP contribution in [0.1, 0.15) is 24.8 Å². The molecule has 30 heavy (non-hydrogen) atoms. The summed E-state index contributed by atoms with van der Waals surface area (Å²) in [4.78, 5) is 24.6. The van der Waals surface area contributed by atoms with Gasteiger partial charge in [0.15, 0.2) is 5.58 Å². The number of aryl methyl sites for hydroxylation is 2. The van der Waals surface area contributed by atoms with Crippen LogP contribution in [0, 0.1) is 6.92 Å². The molecule has 158 valence electrons. The minimum Gasteiger partial charge on any atom is -0.408 e. The summed E-state index contributed by atoms with van der Waals surface area (Å²) in [5.41, 5.74) is 2.44. The van der Waals surface area contributed by atoms with E-state index in [1.807, 2.05) is 31.2 Å². The van der Waals surface area contributed by atoms with Crippen molar-refractivity contribution in [2.45, 2.75) is 37.6 Å². The molecule has 1 aromatic heterocycles. The largest absolute Gasteiger partial charge is 0.419 e. The van der Waals surface area contributed by atoms with E-state index in [1.165, 1.54) is 21.0 Å². The number of hydrogen-bond donors (Lipinski definition) is 1. The lowest BCUT2D eigenvalue weighted by Gasteiger charge is -2.15. The normalized spacial score (nSPS) is 15.0. The predicted octanol–water partition coefficient (Wildman–Crippen LogP) is 2.72. The van der Waals surface area contributed by atoms with E-state index in [4.69, 9.17) is 4.42 Å². The van der Waals surface area contributed by atoms with Gasteiger partial charge in [0.25, 0.3) is 0 Å². The summed E-state index contributed by atoms with van der Waals surface area (Å²) in [6.07, 6.45) is 1.77. The zero-order valence-corrected chi connectivity index (χ0v) is 17.4. The molecule has 3 aromatic rings. The van der Waals surface area contributed by atoms with Crippen molar-refractivity contribution in [2.75, 3.05) is 18.4 Å². The highest BCUT2D eigenvalue weighted by Crippen LogP contribution is 2.24. The Balaban J connectivity index is 1.51. The van der Waals surface area contributed by atoms with Crippen molar-refractivity contribution in [2.24, 2.45) is 0 Å². The molecule has 1 aliphatic rings. The van der Waals surface area contributed by atoms with Crippen LogP contribution in [0.4, 0.5) is 5.69 Å². The number of carbonyl (C=O) groups is 1. The number of hydrogen-bond acceptors (Lipinski definition) is 5. The summed E-state index contributed by atoms with van der Waals surface area (Å²) in [7, 11) is -3.60. The van der Waals surface area contributed by atoms with Gasteiger partial charge in [0.05, 0.1) is 10.4 Å². The van der Waals surface area contributed by atoms with Crippen molar-refractivity contribution >= 4 is 32.7 Å². The number of nitrogens with one attached hydrogen (secondary N) is 1. The fourth-order valence-corrected chi connectivity index (χ4v) is 5.10. The van der Waals surface area contributed by atoms with E-state index in [2.05, 4.69) is 5.32 Å². The summed E-state index contributed by atoms with van der Waals surface area (Å²) in [6, 6.07) is 11.8. The van der Waals surface area contributed by atoms with Crippen molar-refractivity contribution < 1.29 is 17.6 Å². The SMILES string of the molecule is Cc1ccc(NC(=O)CCn2c(=O)oc3cc(S(=O)(=O)N4CCCC4)ccc32)cc1. The number of anilines is 1. The van der Waals surface area contributed by atoms with Gasteiger partial charge in [-0.05, 0) is 44.0 Å². The van der Waals surface area contributed by atoms with E-state index in [-0.39, 0.29) is 29.4 Å². The summed E-state index contributed by atoms with van der Waals surface area (Å²) < 4.78 is 33.5. The first-order chi connectivity index (χ1) is 14.3. The molecule has 1 N–H and O–H groups in total. The molecule has 2 aromatic carbocycles. The number of carbonyl (C=O) groups excluding carboxylic acids is 1. The van der Waals surface area contributed by atoms with Gasteiger partial charge in [-0.1, -0.05) is 17.7 Å². The molecule has 1 saturated heterocycles.